The van der Waals surface area contributed by atoms with Crippen molar-refractivity contribution in [2.75, 3.05) is 19.3 Å². The van der Waals surface area contributed by atoms with Gasteiger partial charge in [0, 0.05) is 36.0 Å². The summed E-state index contributed by atoms with van der Waals surface area (Å²) in [5, 5.41) is 6.83. The molecule has 2 atom stereocenters. The van der Waals surface area contributed by atoms with Crippen LogP contribution < -0.4 is 10.6 Å². The van der Waals surface area contributed by atoms with E-state index in [1.807, 2.05) is 33.8 Å². The minimum Gasteiger partial charge on any atom is -0.354 e. The van der Waals surface area contributed by atoms with Crippen LogP contribution in [0.3, 0.4) is 0 Å². The van der Waals surface area contributed by atoms with Gasteiger partial charge in [0.2, 0.25) is 13.8 Å². The largest absolute Gasteiger partial charge is 0.354 e. The number of aldehydes is 1. The lowest BCUT2D eigenvalue weighted by Gasteiger charge is -2.31. The molecule has 2 N–H and O–H groups in total. The Labute approximate surface area is 159 Å². The number of hydrogen-bond acceptors (Lipinski definition) is 5. The van der Waals surface area contributed by atoms with Crippen LogP contribution in [0.5, 0.6) is 0 Å². The van der Waals surface area contributed by atoms with E-state index in [0.717, 1.165) is 37.3 Å². The van der Waals surface area contributed by atoms with Crippen molar-refractivity contribution in [3.8, 4) is 0 Å². The SMILES string of the molecule is C/C=C(\CCCCC)P(=O)(CC)OCC(C)(C)NCC(CC=O)NC=O. The molecule has 0 radical (unpaired) electrons. The first-order chi connectivity index (χ1) is 12.3. The van der Waals surface area contributed by atoms with E-state index in [1.165, 1.54) is 0 Å². The zero-order valence-electron chi connectivity index (χ0n) is 17.0. The Morgan fingerprint density at radius 1 is 1.23 bits per heavy atom. The average molecular weight is 388 g/mol. The van der Waals surface area contributed by atoms with Crippen molar-refractivity contribution < 1.29 is 18.7 Å². The maximum Gasteiger partial charge on any atom is 0.227 e. The molecular weight excluding hydrogens is 351 g/mol. The Balaban J connectivity index is 4.77. The molecular formula is C19H37N2O4P. The van der Waals surface area contributed by atoms with Gasteiger partial charge in [-0.3, -0.25) is 9.36 Å². The monoisotopic (exact) mass is 388 g/mol. The third-order valence-corrected chi connectivity index (χ3v) is 7.10. The van der Waals surface area contributed by atoms with Crippen LogP contribution >= 0.6 is 7.37 Å². The molecule has 152 valence electrons. The maximum atomic E-state index is 13.3. The molecule has 0 heterocycles. The van der Waals surface area contributed by atoms with Crippen LogP contribution in [0.25, 0.3) is 0 Å². The van der Waals surface area contributed by atoms with Gasteiger partial charge < -0.3 is 20.0 Å². The number of carbonyl (C=O) groups excluding carboxylic acids is 2. The van der Waals surface area contributed by atoms with Crippen molar-refractivity contribution in [1.82, 2.24) is 10.6 Å². The van der Waals surface area contributed by atoms with Gasteiger partial charge in [-0.25, -0.2) is 0 Å². The van der Waals surface area contributed by atoms with Gasteiger partial charge in [-0.1, -0.05) is 32.8 Å². The smallest absolute Gasteiger partial charge is 0.227 e. The molecule has 0 fully saturated rings. The molecule has 0 spiro atoms. The topological polar surface area (TPSA) is 84.5 Å². The molecule has 1 amide bonds. The summed E-state index contributed by atoms with van der Waals surface area (Å²) in [7, 11) is -2.83. The molecule has 0 saturated heterocycles. The fourth-order valence-corrected chi connectivity index (χ4v) is 4.76. The highest BCUT2D eigenvalue weighted by Gasteiger charge is 2.29. The van der Waals surface area contributed by atoms with Crippen LogP contribution in [0.2, 0.25) is 0 Å². The Morgan fingerprint density at radius 2 is 1.92 bits per heavy atom. The Kier molecular flexibility index (Phi) is 12.7. The van der Waals surface area contributed by atoms with E-state index in [9.17, 15) is 14.2 Å². The summed E-state index contributed by atoms with van der Waals surface area (Å²) in [5.41, 5.74) is -0.432. The number of carbonyl (C=O) groups is 2. The standard InChI is InChI=1S/C19H37N2O4P/c1-6-9-10-11-18(7-2)26(24,8-3)25-15-19(4,5)21-14-17(12-13-22)20-16-23/h7,13,16-17,21H,6,8-12,14-15H2,1-5H3,(H,20,23)/b18-7+. The second-order valence-corrected chi connectivity index (χ2v) is 9.96. The highest BCUT2D eigenvalue weighted by atomic mass is 31.2. The lowest BCUT2D eigenvalue weighted by molar-refractivity contribution is -0.111. The van der Waals surface area contributed by atoms with Gasteiger partial charge in [0.1, 0.15) is 6.29 Å². The van der Waals surface area contributed by atoms with E-state index >= 15 is 0 Å². The predicted octanol–water partition coefficient (Wildman–Crippen LogP) is 3.86. The molecule has 26 heavy (non-hydrogen) atoms. The summed E-state index contributed by atoms with van der Waals surface area (Å²) >= 11 is 0. The third-order valence-electron chi connectivity index (χ3n) is 4.37. The van der Waals surface area contributed by atoms with Gasteiger partial charge >= 0.3 is 0 Å². The molecule has 0 aliphatic carbocycles. The fraction of sp³-hybridized carbons (Fsp3) is 0.789. The molecule has 0 aromatic carbocycles. The first kappa shape index (κ1) is 25.0. The van der Waals surface area contributed by atoms with Gasteiger partial charge in [-0.2, -0.15) is 0 Å². The van der Waals surface area contributed by atoms with Crippen molar-refractivity contribution in [3.63, 3.8) is 0 Å². The molecule has 0 aliphatic heterocycles. The van der Waals surface area contributed by atoms with Crippen molar-refractivity contribution in [3.05, 3.63) is 11.4 Å². The van der Waals surface area contributed by atoms with E-state index in [2.05, 4.69) is 17.6 Å². The van der Waals surface area contributed by atoms with Crippen LogP contribution in [0.15, 0.2) is 11.4 Å². The Hall–Kier alpha value is -0.970. The normalized spacial score (nSPS) is 16.0. The zero-order valence-corrected chi connectivity index (χ0v) is 17.9. The van der Waals surface area contributed by atoms with Crippen LogP contribution in [-0.4, -0.2) is 43.6 Å². The van der Waals surface area contributed by atoms with Crippen molar-refractivity contribution >= 4 is 20.1 Å². The number of rotatable bonds is 16. The van der Waals surface area contributed by atoms with E-state index in [0.29, 0.717) is 19.1 Å². The number of allylic oxidation sites excluding steroid dienone is 2. The van der Waals surface area contributed by atoms with E-state index in [1.54, 1.807) is 0 Å². The van der Waals surface area contributed by atoms with E-state index in [-0.39, 0.29) is 19.1 Å². The second-order valence-electron chi connectivity index (χ2n) is 7.15. The van der Waals surface area contributed by atoms with Crippen molar-refractivity contribution in [2.45, 2.75) is 78.3 Å². The third kappa shape index (κ3) is 9.65. The minimum absolute atomic E-state index is 0.246. The van der Waals surface area contributed by atoms with Crippen molar-refractivity contribution in [2.24, 2.45) is 0 Å². The number of amides is 1. The summed E-state index contributed by atoms with van der Waals surface area (Å²) in [6, 6.07) is -0.262. The number of nitrogens with one attached hydrogen (secondary N) is 2. The lowest BCUT2D eigenvalue weighted by Crippen LogP contribution is -2.49. The number of unbranched alkanes of at least 4 members (excludes halogenated alkanes) is 2. The zero-order chi connectivity index (χ0) is 20.1. The van der Waals surface area contributed by atoms with Crippen LogP contribution in [-0.2, 0) is 18.7 Å². The average Bonchev–Trinajstić information content (AvgIpc) is 2.62. The second kappa shape index (κ2) is 13.2. The highest BCUT2D eigenvalue weighted by Crippen LogP contribution is 2.56. The summed E-state index contributed by atoms with van der Waals surface area (Å²) < 4.78 is 19.2. The summed E-state index contributed by atoms with van der Waals surface area (Å²) in [6.07, 6.45) is 8.13. The maximum absolute atomic E-state index is 13.3. The minimum atomic E-state index is -2.83. The highest BCUT2D eigenvalue weighted by molar-refractivity contribution is 7.63. The fourth-order valence-electron chi connectivity index (χ4n) is 2.58. The molecule has 0 saturated carbocycles. The van der Waals surface area contributed by atoms with Crippen LogP contribution in [0.4, 0.5) is 0 Å². The van der Waals surface area contributed by atoms with Gasteiger partial charge in [0.05, 0.1) is 6.61 Å². The molecule has 0 bridgehead atoms. The van der Waals surface area contributed by atoms with Gasteiger partial charge in [0.25, 0.3) is 0 Å². The van der Waals surface area contributed by atoms with Crippen LogP contribution in [0.1, 0.15) is 66.7 Å². The molecule has 6 nitrogen and oxygen atoms in total. The molecule has 0 aromatic heterocycles. The van der Waals surface area contributed by atoms with E-state index < -0.39 is 12.9 Å². The van der Waals surface area contributed by atoms with Gasteiger partial charge in [-0.05, 0) is 33.6 Å². The Morgan fingerprint density at radius 3 is 2.42 bits per heavy atom. The molecule has 2 unspecified atom stereocenters. The van der Waals surface area contributed by atoms with Gasteiger partial charge in [0.15, 0.2) is 0 Å². The molecule has 0 aromatic rings. The summed E-state index contributed by atoms with van der Waals surface area (Å²) in [5.74, 6) is 0. The first-order valence-corrected chi connectivity index (χ1v) is 11.4. The van der Waals surface area contributed by atoms with Crippen molar-refractivity contribution in [1.29, 1.82) is 0 Å². The quantitative estimate of drug-likeness (QED) is 0.238. The summed E-state index contributed by atoms with van der Waals surface area (Å²) in [4.78, 5) is 21.3. The molecule has 7 heteroatoms. The van der Waals surface area contributed by atoms with E-state index in [4.69, 9.17) is 4.52 Å². The predicted molar refractivity (Wildman–Crippen MR) is 108 cm³/mol. The molecule has 0 rings (SSSR count). The number of hydrogen-bond donors (Lipinski definition) is 2. The summed E-state index contributed by atoms with van der Waals surface area (Å²) in [6.45, 7) is 10.6. The first-order valence-electron chi connectivity index (χ1n) is 9.56. The molecule has 0 aliphatic rings. The van der Waals surface area contributed by atoms with Gasteiger partial charge in [-0.15, -0.1) is 0 Å². The van der Waals surface area contributed by atoms with Crippen LogP contribution in [0, 0.1) is 0 Å². The lowest BCUT2D eigenvalue weighted by atomic mass is 10.1. The Bertz CT molecular complexity index is 482.